The van der Waals surface area contributed by atoms with Crippen molar-refractivity contribution in [1.29, 1.82) is 0 Å². The maximum absolute atomic E-state index is 16.4. The van der Waals surface area contributed by atoms with E-state index in [4.69, 9.17) is 13.2 Å². The minimum Gasteiger partial charge on any atom is -0.507 e. The van der Waals surface area contributed by atoms with Gasteiger partial charge in [-0.05, 0) is 73.4 Å². The molecule has 0 saturated carbocycles. The first-order valence-electron chi connectivity index (χ1n) is 22.0. The molecule has 14 heteroatoms. The molecule has 9 rings (SSSR count). The molecule has 0 aliphatic carbocycles. The zero-order valence-corrected chi connectivity index (χ0v) is 33.8. The Balaban J connectivity index is 0.783. The second kappa shape index (κ2) is 16.8. The molecule has 1 amide bonds. The lowest BCUT2D eigenvalue weighted by atomic mass is 9.88. The molecule has 0 spiro atoms. The van der Waals surface area contributed by atoms with Crippen molar-refractivity contribution in [2.45, 2.75) is 55.8 Å². The number of benzene rings is 3. The van der Waals surface area contributed by atoms with Crippen molar-refractivity contribution in [1.82, 2.24) is 29.9 Å². The van der Waals surface area contributed by atoms with Crippen LogP contribution in [0.2, 0.25) is 0 Å². The number of halogens is 2. The topological polar surface area (TPSA) is 128 Å². The number of phenolic OH excluding ortho intramolecular Hbond substituents is 1. The van der Waals surface area contributed by atoms with Crippen molar-refractivity contribution in [2.75, 3.05) is 81.6 Å². The van der Waals surface area contributed by atoms with Crippen molar-refractivity contribution < 1.29 is 26.2 Å². The Morgan fingerprint density at radius 3 is 2.55 bits per heavy atom. The summed E-state index contributed by atoms with van der Waals surface area (Å²) in [5.41, 5.74) is 9.49. The number of nitrogens with two attached hydrogens (primary N) is 1. The Morgan fingerprint density at radius 2 is 1.80 bits per heavy atom. The molecule has 4 N–H and O–H groups in total. The minimum atomic E-state index is -1.39. The highest BCUT2D eigenvalue weighted by atomic mass is 19.1. The van der Waals surface area contributed by atoms with Crippen LogP contribution in [-0.2, 0) is 4.74 Å². The van der Waals surface area contributed by atoms with Gasteiger partial charge in [0.2, 0.25) is 0 Å². The number of carbonyl (C=O) groups excluding carboxylic acids is 1. The lowest BCUT2D eigenvalue weighted by Crippen LogP contribution is -2.51. The lowest BCUT2D eigenvalue weighted by molar-refractivity contribution is 0.0158. The van der Waals surface area contributed by atoms with Gasteiger partial charge >= 0.3 is 0 Å². The van der Waals surface area contributed by atoms with Gasteiger partial charge in [-0.2, -0.15) is 0 Å². The molecular formula is C46H53F2N9O3. The number of aromatic hydroxyl groups is 1. The van der Waals surface area contributed by atoms with Crippen LogP contribution in [0.1, 0.15) is 62.7 Å². The summed E-state index contributed by atoms with van der Waals surface area (Å²) in [4.78, 5) is 21.3. The van der Waals surface area contributed by atoms with Crippen molar-refractivity contribution in [3.8, 4) is 17.0 Å². The summed E-state index contributed by atoms with van der Waals surface area (Å²) in [6.07, 6.45) is 7.97. The summed E-state index contributed by atoms with van der Waals surface area (Å²) < 4.78 is 56.2. The average Bonchev–Trinajstić information content (AvgIpc) is 3.72. The third-order valence-electron chi connectivity index (χ3n) is 12.8. The third-order valence-corrected chi connectivity index (χ3v) is 12.8. The van der Waals surface area contributed by atoms with Gasteiger partial charge in [-0.25, -0.2) is 8.78 Å². The van der Waals surface area contributed by atoms with Crippen LogP contribution in [0.15, 0.2) is 91.3 Å². The predicted molar refractivity (Wildman–Crippen MR) is 230 cm³/mol. The summed E-state index contributed by atoms with van der Waals surface area (Å²) in [6, 6.07) is 22.1. The van der Waals surface area contributed by atoms with Crippen LogP contribution in [0, 0.1) is 5.82 Å². The Bertz CT molecular complexity index is 2440. The molecule has 4 aliphatic heterocycles. The number of aromatic nitrogens is 3. The summed E-state index contributed by atoms with van der Waals surface area (Å²) in [6.45, 7) is 2.07. The third kappa shape index (κ3) is 8.03. The first-order valence-corrected chi connectivity index (χ1v) is 20.8. The highest BCUT2D eigenvalue weighted by Gasteiger charge is 2.39. The Labute approximate surface area is 352 Å². The number of rotatable bonds is 9. The molecule has 3 fully saturated rings. The first-order chi connectivity index (χ1) is 30.0. The fraction of sp³-hybridized carbons (Fsp3) is 0.413. The minimum absolute atomic E-state index is 0.0734. The second-order valence-corrected chi connectivity index (χ2v) is 16.6. The number of ether oxygens (including phenoxy) is 1. The summed E-state index contributed by atoms with van der Waals surface area (Å²) in [7, 11) is 1.70. The Kier molecular flexibility index (Phi) is 10.5. The highest BCUT2D eigenvalue weighted by molar-refractivity contribution is 5.94. The number of hydrogen-bond acceptors (Lipinski definition) is 10. The maximum atomic E-state index is 16.4. The SMILES string of the molecule is [2H]C1C=CN(c2ccc3c(ccn3C3CCN(CC4(F)CCN(C(=O)c5ccc([C@H]6C[C@@H](OC)CN(c7cc(-c8ccccc8O)nnc7N)C6)cc5)CC4)CC3)c2F)C([2H])N1. The zero-order chi connectivity index (χ0) is 43.1. The molecule has 314 valence electrons. The number of nitrogen functional groups attached to an aromatic ring is 1. The predicted octanol–water partition coefficient (Wildman–Crippen LogP) is 6.70. The van der Waals surface area contributed by atoms with Crippen LogP contribution < -0.4 is 20.9 Å². The molecule has 3 aromatic carbocycles. The number of nitrogens with zero attached hydrogens (tertiary/aromatic N) is 7. The van der Waals surface area contributed by atoms with Gasteiger partial charge in [0, 0.05) is 115 Å². The van der Waals surface area contributed by atoms with Gasteiger partial charge in [-0.15, -0.1) is 10.2 Å². The van der Waals surface area contributed by atoms with E-state index in [9.17, 15) is 9.90 Å². The monoisotopic (exact) mass is 819 g/mol. The van der Waals surface area contributed by atoms with E-state index < -0.39 is 24.7 Å². The smallest absolute Gasteiger partial charge is 0.253 e. The molecule has 4 atom stereocenters. The molecule has 0 radical (unpaired) electrons. The van der Waals surface area contributed by atoms with Gasteiger partial charge in [0.25, 0.3) is 5.91 Å². The number of para-hydroxylation sites is 1. The normalized spacial score (nSPS) is 24.4. The van der Waals surface area contributed by atoms with Gasteiger partial charge in [0.05, 0.1) is 36.7 Å². The van der Waals surface area contributed by atoms with Crippen molar-refractivity contribution in [3.05, 3.63) is 108 Å². The van der Waals surface area contributed by atoms with E-state index >= 15 is 8.78 Å². The van der Waals surface area contributed by atoms with Crippen LogP contribution in [0.25, 0.3) is 22.2 Å². The zero-order valence-electron chi connectivity index (χ0n) is 35.8. The summed E-state index contributed by atoms with van der Waals surface area (Å²) >= 11 is 0. The fourth-order valence-corrected chi connectivity index (χ4v) is 9.45. The van der Waals surface area contributed by atoms with Gasteiger partial charge in [0.15, 0.2) is 11.6 Å². The number of hydrogen-bond donors (Lipinski definition) is 3. The number of carbonyl (C=O) groups is 1. The lowest BCUT2D eigenvalue weighted by Gasteiger charge is -2.41. The standard InChI is InChI=1S/C46H53F2N9O3/c1-60-35-25-33(27-56(28-35)41-26-38(51-52-44(41)49)36-5-2-3-6-42(36)58)31-7-9-32(10-8-31)45(59)54-23-16-46(48,17-24-54)29-53-20-13-34(14-21-53)57-22-15-37-39(57)11-12-40(43(37)47)55-19-4-18-50-30-55/h2-12,15,19,22,26,33-35,50,58H,13-14,16-18,20-21,23-25,27-30H2,1H3,(H2,49,52)/t33-,35+/m0/s1/i18D,30D/t18?,30?,33-,35+. The van der Waals surface area contributed by atoms with Crippen LogP contribution in [0.4, 0.5) is 26.0 Å². The van der Waals surface area contributed by atoms with E-state index in [1.165, 1.54) is 4.90 Å². The van der Waals surface area contributed by atoms with Gasteiger partial charge in [-0.3, -0.25) is 10.1 Å². The van der Waals surface area contributed by atoms with Crippen molar-refractivity contribution in [3.63, 3.8) is 0 Å². The molecule has 60 heavy (non-hydrogen) atoms. The maximum Gasteiger partial charge on any atom is 0.253 e. The number of methoxy groups -OCH3 is 1. The number of phenols is 1. The first kappa shape index (κ1) is 37.4. The average molecular weight is 820 g/mol. The molecule has 2 aromatic heterocycles. The quantitative estimate of drug-likeness (QED) is 0.148. The van der Waals surface area contributed by atoms with E-state index in [1.807, 2.05) is 48.7 Å². The van der Waals surface area contributed by atoms with Gasteiger partial charge < -0.3 is 39.7 Å². The van der Waals surface area contributed by atoms with E-state index in [-0.39, 0.29) is 48.2 Å². The number of likely N-dealkylation sites (tertiary alicyclic amines) is 2. The van der Waals surface area contributed by atoms with E-state index in [0.717, 1.165) is 43.4 Å². The number of anilines is 3. The van der Waals surface area contributed by atoms with Crippen LogP contribution in [0.3, 0.4) is 0 Å². The number of fused-ring (bicyclic) bond motifs is 1. The van der Waals surface area contributed by atoms with Crippen LogP contribution in [0.5, 0.6) is 5.75 Å². The summed E-state index contributed by atoms with van der Waals surface area (Å²) in [5.74, 6) is -0.00783. The Morgan fingerprint density at radius 1 is 1.02 bits per heavy atom. The number of nitrogens with one attached hydrogen (secondary N) is 1. The molecule has 5 aromatic rings. The molecule has 6 heterocycles. The second-order valence-electron chi connectivity index (χ2n) is 16.6. The fourth-order valence-electron chi connectivity index (χ4n) is 9.45. The molecule has 3 saturated heterocycles. The highest BCUT2D eigenvalue weighted by Crippen LogP contribution is 2.38. The number of amides is 1. The van der Waals surface area contributed by atoms with Crippen molar-refractivity contribution in [2.24, 2.45) is 0 Å². The van der Waals surface area contributed by atoms with Gasteiger partial charge in [0.1, 0.15) is 11.4 Å². The molecular weight excluding hydrogens is 765 g/mol. The van der Waals surface area contributed by atoms with Crippen LogP contribution in [-0.4, -0.2) is 113 Å². The van der Waals surface area contributed by atoms with Crippen molar-refractivity contribution >= 4 is 34.0 Å². The van der Waals surface area contributed by atoms with E-state index in [1.54, 1.807) is 54.6 Å². The molecule has 4 aliphatic rings. The van der Waals surface area contributed by atoms with Crippen LogP contribution >= 0.6 is 0 Å². The number of piperidine rings is 3. The molecule has 0 bridgehead atoms. The summed E-state index contributed by atoms with van der Waals surface area (Å²) in [5, 5.41) is 22.2. The van der Waals surface area contributed by atoms with Gasteiger partial charge in [-0.1, -0.05) is 30.3 Å². The van der Waals surface area contributed by atoms with E-state index in [0.29, 0.717) is 66.4 Å². The molecule has 12 nitrogen and oxygen atoms in total. The Hall–Kier alpha value is -5.57. The molecule has 2 unspecified atom stereocenters. The largest absolute Gasteiger partial charge is 0.507 e. The number of alkyl halides is 1. The van der Waals surface area contributed by atoms with E-state index in [2.05, 4.69) is 29.9 Å².